The molecule has 41 heavy (non-hydrogen) atoms. The third-order valence-corrected chi connectivity index (χ3v) is 7.57. The zero-order valence-corrected chi connectivity index (χ0v) is 22.8. The highest BCUT2D eigenvalue weighted by Gasteiger charge is 2.17. The third kappa shape index (κ3) is 5.97. The van der Waals surface area contributed by atoms with Gasteiger partial charge in [-0.3, -0.25) is 14.7 Å². The van der Waals surface area contributed by atoms with Gasteiger partial charge in [0.05, 0.1) is 23.1 Å². The molecule has 0 bridgehead atoms. The zero-order chi connectivity index (χ0) is 28.3. The number of hydrogen-bond donors (Lipinski definition) is 4. The minimum atomic E-state index is -0.447. The van der Waals surface area contributed by atoms with Gasteiger partial charge in [-0.2, -0.15) is 5.10 Å². The van der Waals surface area contributed by atoms with Gasteiger partial charge in [0.2, 0.25) is 5.91 Å². The van der Waals surface area contributed by atoms with Crippen LogP contribution in [0.1, 0.15) is 39.1 Å². The average Bonchev–Trinajstić information content (AvgIpc) is 3.62. The molecule has 1 saturated heterocycles. The van der Waals surface area contributed by atoms with Crippen molar-refractivity contribution in [1.29, 1.82) is 0 Å². The van der Waals surface area contributed by atoms with Crippen molar-refractivity contribution in [2.45, 2.75) is 25.4 Å². The van der Waals surface area contributed by atoms with Crippen molar-refractivity contribution in [2.24, 2.45) is 5.73 Å². The summed E-state index contributed by atoms with van der Waals surface area (Å²) in [4.78, 5) is 31.1. The molecule has 0 atom stereocenters. The second kappa shape index (κ2) is 11.3. The fourth-order valence-electron chi connectivity index (χ4n) is 5.15. The van der Waals surface area contributed by atoms with Crippen LogP contribution in [-0.2, 0) is 6.54 Å². The summed E-state index contributed by atoms with van der Waals surface area (Å²) in [6.07, 6.45) is 4.02. The van der Waals surface area contributed by atoms with Crippen molar-refractivity contribution in [1.82, 2.24) is 24.6 Å². The maximum absolute atomic E-state index is 12.9. The van der Waals surface area contributed by atoms with Crippen molar-refractivity contribution in [2.75, 3.05) is 30.8 Å². The molecule has 1 aliphatic rings. The minimum Gasteiger partial charge on any atom is -0.382 e. The molecule has 1 fully saturated rings. The first-order valence-electron chi connectivity index (χ1n) is 13.7. The lowest BCUT2D eigenvalue weighted by Gasteiger charge is -2.30. The first kappa shape index (κ1) is 26.3. The second-order valence-electron chi connectivity index (χ2n) is 10.6. The number of nitrogens with two attached hydrogens (primary N) is 1. The molecule has 2 amide bonds. The molecule has 0 unspecified atom stereocenters. The zero-order valence-electron chi connectivity index (χ0n) is 22.8. The predicted octanol–water partition coefficient (Wildman–Crippen LogP) is 4.33. The largest absolute Gasteiger partial charge is 0.382 e. The van der Waals surface area contributed by atoms with Gasteiger partial charge in [0.15, 0.2) is 0 Å². The van der Waals surface area contributed by atoms with Crippen molar-refractivity contribution in [3.63, 3.8) is 0 Å². The van der Waals surface area contributed by atoms with Crippen LogP contribution in [-0.4, -0.2) is 62.6 Å². The number of likely N-dealkylation sites (tertiary alicyclic amines) is 1. The summed E-state index contributed by atoms with van der Waals surface area (Å²) >= 11 is 0. The Labute approximate surface area is 237 Å². The average molecular weight is 549 g/mol. The molecule has 5 N–H and O–H groups in total. The van der Waals surface area contributed by atoms with Gasteiger partial charge in [0.25, 0.3) is 5.91 Å². The van der Waals surface area contributed by atoms with Gasteiger partial charge in [0.1, 0.15) is 5.82 Å². The van der Waals surface area contributed by atoms with Gasteiger partial charge in [-0.1, -0.05) is 18.2 Å². The number of nitrogens with zero attached hydrogens (tertiary/aromatic N) is 4. The number of piperidine rings is 1. The fraction of sp³-hybridized carbons (Fsp3) is 0.226. The Hall–Kier alpha value is -4.96. The van der Waals surface area contributed by atoms with E-state index in [-0.39, 0.29) is 5.91 Å². The standard InChI is InChI=1S/C31H32N8O2/c1-38-14-12-25(13-15-38)34-24-9-6-22(7-10-24)31(41)35-29-17-27(36-37-29)23-8-11-26-28(16-23)39(19-33-26)18-20-2-4-21(5-3-20)30(32)40/h2-11,16-17,19,25,34H,12-15,18H2,1H3,(H2,32,40)(H2,35,36,37,41). The van der Waals surface area contributed by atoms with E-state index in [1.165, 1.54) is 0 Å². The molecule has 5 aromatic rings. The number of imidazole rings is 1. The second-order valence-corrected chi connectivity index (χ2v) is 10.6. The van der Waals surface area contributed by atoms with Gasteiger partial charge < -0.3 is 25.8 Å². The number of benzene rings is 3. The predicted molar refractivity (Wildman–Crippen MR) is 160 cm³/mol. The molecule has 3 aromatic carbocycles. The molecular weight excluding hydrogens is 516 g/mol. The number of primary amides is 1. The maximum atomic E-state index is 12.9. The van der Waals surface area contributed by atoms with E-state index in [0.29, 0.717) is 35.2 Å². The number of anilines is 2. The molecule has 3 heterocycles. The molecule has 1 aliphatic heterocycles. The lowest BCUT2D eigenvalue weighted by atomic mass is 10.0. The molecule has 0 aliphatic carbocycles. The van der Waals surface area contributed by atoms with Gasteiger partial charge in [-0.05, 0) is 87.1 Å². The van der Waals surface area contributed by atoms with Crippen LogP contribution < -0.4 is 16.4 Å². The summed E-state index contributed by atoms with van der Waals surface area (Å²) < 4.78 is 2.04. The van der Waals surface area contributed by atoms with Crippen LogP contribution in [0.4, 0.5) is 11.5 Å². The van der Waals surface area contributed by atoms with Crippen LogP contribution >= 0.6 is 0 Å². The Morgan fingerprint density at radius 3 is 2.44 bits per heavy atom. The number of amides is 2. The number of H-pyrrole nitrogens is 1. The van der Waals surface area contributed by atoms with E-state index in [2.05, 4.69) is 37.8 Å². The van der Waals surface area contributed by atoms with Crippen molar-refractivity contribution in [3.8, 4) is 11.3 Å². The van der Waals surface area contributed by atoms with Crippen LogP contribution in [0.2, 0.25) is 0 Å². The van der Waals surface area contributed by atoms with Gasteiger partial charge in [0, 0.05) is 41.0 Å². The van der Waals surface area contributed by atoms with Gasteiger partial charge >= 0.3 is 0 Å². The highest BCUT2D eigenvalue weighted by Crippen LogP contribution is 2.25. The lowest BCUT2D eigenvalue weighted by molar-refractivity contribution is 0.0997. The molecule has 208 valence electrons. The topological polar surface area (TPSA) is 134 Å². The molecule has 0 spiro atoms. The summed E-state index contributed by atoms with van der Waals surface area (Å²) in [7, 11) is 2.15. The summed E-state index contributed by atoms with van der Waals surface area (Å²) in [5, 5.41) is 13.8. The van der Waals surface area contributed by atoms with Gasteiger partial charge in [-0.25, -0.2) is 4.98 Å². The van der Waals surface area contributed by atoms with Crippen molar-refractivity contribution >= 4 is 34.4 Å². The van der Waals surface area contributed by atoms with Gasteiger partial charge in [-0.15, -0.1) is 0 Å². The van der Waals surface area contributed by atoms with Crippen molar-refractivity contribution < 1.29 is 9.59 Å². The molecule has 6 rings (SSSR count). The lowest BCUT2D eigenvalue weighted by Crippen LogP contribution is -2.36. The van der Waals surface area contributed by atoms with E-state index in [9.17, 15) is 9.59 Å². The Bertz CT molecular complexity index is 1680. The SMILES string of the molecule is CN1CCC(Nc2ccc(C(=O)Nc3cc(-c4ccc5ncn(Cc6ccc(C(N)=O)cc6)c5c4)n[nH]3)cc2)CC1. The van der Waals surface area contributed by atoms with Crippen LogP contribution in [0.5, 0.6) is 0 Å². The number of aromatic amines is 1. The molecule has 10 nitrogen and oxygen atoms in total. The van der Waals surface area contributed by atoms with E-state index in [1.807, 2.05) is 65.2 Å². The summed E-state index contributed by atoms with van der Waals surface area (Å²) in [5.74, 6) is -0.138. The Morgan fingerprint density at radius 1 is 0.976 bits per heavy atom. The van der Waals surface area contributed by atoms with Crippen LogP contribution in [0.3, 0.4) is 0 Å². The summed E-state index contributed by atoms with van der Waals surface area (Å²) in [5.41, 5.74) is 11.9. The number of hydrogen-bond acceptors (Lipinski definition) is 6. The van der Waals surface area contributed by atoms with E-state index in [4.69, 9.17) is 5.73 Å². The number of aromatic nitrogens is 4. The first-order chi connectivity index (χ1) is 19.9. The molecule has 2 aromatic heterocycles. The van der Waals surface area contributed by atoms with Crippen LogP contribution in [0.15, 0.2) is 79.1 Å². The monoisotopic (exact) mass is 548 g/mol. The quantitative estimate of drug-likeness (QED) is 0.228. The molecule has 10 heteroatoms. The highest BCUT2D eigenvalue weighted by molar-refractivity contribution is 6.04. The van der Waals surface area contributed by atoms with Crippen LogP contribution in [0, 0.1) is 0 Å². The normalized spacial score (nSPS) is 14.3. The number of carbonyl (C=O) groups is 2. The van der Waals surface area contributed by atoms with Crippen molar-refractivity contribution in [3.05, 3.63) is 95.8 Å². The number of fused-ring (bicyclic) bond motifs is 1. The number of nitrogens with one attached hydrogen (secondary N) is 3. The summed E-state index contributed by atoms with van der Waals surface area (Å²) in [6, 6.07) is 23.0. The molecule has 0 radical (unpaired) electrons. The maximum Gasteiger partial charge on any atom is 0.256 e. The Morgan fingerprint density at radius 2 is 1.71 bits per heavy atom. The Kier molecular flexibility index (Phi) is 7.22. The molecule has 0 saturated carbocycles. The van der Waals surface area contributed by atoms with E-state index in [1.54, 1.807) is 18.5 Å². The Balaban J connectivity index is 1.11. The molecular formula is C31H32N8O2. The summed E-state index contributed by atoms with van der Waals surface area (Å²) in [6.45, 7) is 2.78. The minimum absolute atomic E-state index is 0.207. The fourth-order valence-corrected chi connectivity index (χ4v) is 5.15. The van der Waals surface area contributed by atoms with E-state index >= 15 is 0 Å². The first-order valence-corrected chi connectivity index (χ1v) is 13.7. The van der Waals surface area contributed by atoms with Crippen LogP contribution in [0.25, 0.3) is 22.3 Å². The smallest absolute Gasteiger partial charge is 0.256 e. The highest BCUT2D eigenvalue weighted by atomic mass is 16.2. The van der Waals surface area contributed by atoms with E-state index in [0.717, 1.165) is 53.8 Å². The third-order valence-electron chi connectivity index (χ3n) is 7.57. The number of carbonyl (C=O) groups excluding carboxylic acids is 2. The van der Waals surface area contributed by atoms with E-state index < -0.39 is 5.91 Å². The number of rotatable bonds is 8.